The van der Waals surface area contributed by atoms with Crippen molar-refractivity contribution >= 4 is 11.5 Å². The molecule has 2 heterocycles. The molecule has 2 N–H and O–H groups in total. The molecular weight excluding hydrogens is 218 g/mol. The lowest BCUT2D eigenvalue weighted by Crippen LogP contribution is -2.21. The number of nitrogens with zero attached hydrogens (tertiary/aromatic N) is 3. The number of fused-ring (bicyclic) bond motifs is 1. The van der Waals surface area contributed by atoms with Gasteiger partial charge in [-0.15, -0.1) is 5.10 Å². The first kappa shape index (κ1) is 11.6. The van der Waals surface area contributed by atoms with Crippen molar-refractivity contribution in [2.45, 2.75) is 39.2 Å². The zero-order valence-electron chi connectivity index (χ0n) is 10.1. The van der Waals surface area contributed by atoms with E-state index in [2.05, 4.69) is 34.5 Å². The second-order valence-electron chi connectivity index (χ2n) is 4.06. The standard InChI is InChI=1S/C11H17N5O/c1-3-5-8(4-2)12-9-6-7-10-13-14-11(17)16(10)15-9/h6-8H,3-5H2,1-2H3,(H,12,15)(H,14,17). The van der Waals surface area contributed by atoms with Crippen molar-refractivity contribution in [2.24, 2.45) is 0 Å². The molecule has 0 saturated heterocycles. The Hall–Kier alpha value is -1.85. The van der Waals surface area contributed by atoms with Gasteiger partial charge in [-0.05, 0) is 25.0 Å². The van der Waals surface area contributed by atoms with E-state index in [0.717, 1.165) is 19.3 Å². The average Bonchev–Trinajstić information content (AvgIpc) is 2.70. The first-order valence-corrected chi connectivity index (χ1v) is 5.95. The van der Waals surface area contributed by atoms with Crippen LogP contribution in [0.15, 0.2) is 16.9 Å². The van der Waals surface area contributed by atoms with Crippen LogP contribution in [0.2, 0.25) is 0 Å². The summed E-state index contributed by atoms with van der Waals surface area (Å²) < 4.78 is 1.26. The Bertz CT molecular complexity index is 544. The van der Waals surface area contributed by atoms with Crippen LogP contribution < -0.4 is 11.0 Å². The van der Waals surface area contributed by atoms with E-state index in [1.165, 1.54) is 4.52 Å². The first-order valence-electron chi connectivity index (χ1n) is 5.95. The van der Waals surface area contributed by atoms with E-state index in [4.69, 9.17) is 0 Å². The van der Waals surface area contributed by atoms with E-state index in [1.54, 1.807) is 6.07 Å². The summed E-state index contributed by atoms with van der Waals surface area (Å²) in [6.45, 7) is 4.29. The third-order valence-electron chi connectivity index (χ3n) is 2.76. The lowest BCUT2D eigenvalue weighted by atomic mass is 10.1. The SMILES string of the molecule is CCCC(CC)Nc1ccc2n[nH]c(=O)n2n1. The topological polar surface area (TPSA) is 75.1 Å². The molecule has 2 rings (SSSR count). The third kappa shape index (κ3) is 2.46. The maximum Gasteiger partial charge on any atom is 0.364 e. The molecule has 6 heteroatoms. The van der Waals surface area contributed by atoms with E-state index < -0.39 is 0 Å². The number of H-pyrrole nitrogens is 1. The Morgan fingerprint density at radius 2 is 2.29 bits per heavy atom. The minimum atomic E-state index is -0.313. The second kappa shape index (κ2) is 4.99. The van der Waals surface area contributed by atoms with Crippen LogP contribution in [-0.2, 0) is 0 Å². The molecule has 0 spiro atoms. The molecule has 0 radical (unpaired) electrons. The number of hydrogen-bond donors (Lipinski definition) is 2. The number of aromatic nitrogens is 4. The predicted molar refractivity (Wildman–Crippen MR) is 66.2 cm³/mol. The highest BCUT2D eigenvalue weighted by atomic mass is 16.2. The molecule has 0 fully saturated rings. The molecule has 0 aromatic carbocycles. The first-order chi connectivity index (χ1) is 8.24. The molecular formula is C11H17N5O. The molecule has 0 aliphatic heterocycles. The summed E-state index contributed by atoms with van der Waals surface area (Å²) in [5, 5.41) is 13.7. The maximum atomic E-state index is 11.4. The third-order valence-corrected chi connectivity index (χ3v) is 2.76. The average molecular weight is 235 g/mol. The Labute approximate surface area is 99.0 Å². The van der Waals surface area contributed by atoms with Crippen molar-refractivity contribution < 1.29 is 0 Å². The van der Waals surface area contributed by atoms with E-state index in [0.29, 0.717) is 17.5 Å². The highest BCUT2D eigenvalue weighted by molar-refractivity contribution is 5.43. The summed E-state index contributed by atoms with van der Waals surface area (Å²) in [7, 11) is 0. The van der Waals surface area contributed by atoms with Crippen LogP contribution in [0.1, 0.15) is 33.1 Å². The normalized spacial score (nSPS) is 12.8. The molecule has 1 unspecified atom stereocenters. The van der Waals surface area contributed by atoms with Crippen molar-refractivity contribution in [1.82, 2.24) is 19.8 Å². The van der Waals surface area contributed by atoms with E-state index in [-0.39, 0.29) is 5.69 Å². The molecule has 17 heavy (non-hydrogen) atoms. The maximum absolute atomic E-state index is 11.4. The van der Waals surface area contributed by atoms with E-state index in [1.807, 2.05) is 6.07 Å². The Balaban J connectivity index is 2.23. The van der Waals surface area contributed by atoms with Gasteiger partial charge < -0.3 is 5.32 Å². The molecule has 2 aromatic heterocycles. The highest BCUT2D eigenvalue weighted by Crippen LogP contribution is 2.10. The second-order valence-corrected chi connectivity index (χ2v) is 4.06. The molecule has 0 bridgehead atoms. The summed E-state index contributed by atoms with van der Waals surface area (Å²) >= 11 is 0. The van der Waals surface area contributed by atoms with Crippen LogP contribution in [-0.4, -0.2) is 25.9 Å². The van der Waals surface area contributed by atoms with Gasteiger partial charge in [0, 0.05) is 6.04 Å². The monoisotopic (exact) mass is 235 g/mol. The quantitative estimate of drug-likeness (QED) is 0.821. The number of rotatable bonds is 5. The van der Waals surface area contributed by atoms with Gasteiger partial charge in [0.15, 0.2) is 5.65 Å². The van der Waals surface area contributed by atoms with Crippen molar-refractivity contribution in [3.05, 3.63) is 22.6 Å². The fourth-order valence-electron chi connectivity index (χ4n) is 1.82. The zero-order chi connectivity index (χ0) is 12.3. The minimum Gasteiger partial charge on any atom is -0.366 e. The van der Waals surface area contributed by atoms with Gasteiger partial charge in [-0.25, -0.2) is 9.89 Å². The van der Waals surface area contributed by atoms with Crippen molar-refractivity contribution in [3.8, 4) is 0 Å². The predicted octanol–water partition coefficient (Wildman–Crippen LogP) is 1.41. The van der Waals surface area contributed by atoms with Crippen LogP contribution in [0.3, 0.4) is 0 Å². The van der Waals surface area contributed by atoms with E-state index >= 15 is 0 Å². The molecule has 0 saturated carbocycles. The molecule has 6 nitrogen and oxygen atoms in total. The van der Waals surface area contributed by atoms with Crippen LogP contribution in [0, 0.1) is 0 Å². The number of aromatic amines is 1. The van der Waals surface area contributed by atoms with Crippen LogP contribution in [0.25, 0.3) is 5.65 Å². The van der Waals surface area contributed by atoms with Gasteiger partial charge in [-0.1, -0.05) is 20.3 Å². The number of hydrogen-bond acceptors (Lipinski definition) is 4. The van der Waals surface area contributed by atoms with Crippen LogP contribution in [0.4, 0.5) is 5.82 Å². The van der Waals surface area contributed by atoms with Crippen LogP contribution in [0.5, 0.6) is 0 Å². The largest absolute Gasteiger partial charge is 0.366 e. The fourth-order valence-corrected chi connectivity index (χ4v) is 1.82. The summed E-state index contributed by atoms with van der Waals surface area (Å²) in [6, 6.07) is 4.01. The van der Waals surface area contributed by atoms with Gasteiger partial charge in [0.25, 0.3) is 0 Å². The summed E-state index contributed by atoms with van der Waals surface area (Å²) in [5.41, 5.74) is 0.219. The van der Waals surface area contributed by atoms with Gasteiger partial charge in [0.1, 0.15) is 5.82 Å². The summed E-state index contributed by atoms with van der Waals surface area (Å²) in [6.07, 6.45) is 3.25. The smallest absolute Gasteiger partial charge is 0.364 e. The summed E-state index contributed by atoms with van der Waals surface area (Å²) in [4.78, 5) is 11.4. The lowest BCUT2D eigenvalue weighted by molar-refractivity contribution is 0.618. The van der Waals surface area contributed by atoms with Crippen molar-refractivity contribution in [1.29, 1.82) is 0 Å². The molecule has 2 aromatic rings. The van der Waals surface area contributed by atoms with E-state index in [9.17, 15) is 4.79 Å². The molecule has 0 aliphatic rings. The fraction of sp³-hybridized carbons (Fsp3) is 0.545. The highest BCUT2D eigenvalue weighted by Gasteiger charge is 2.07. The van der Waals surface area contributed by atoms with Crippen molar-refractivity contribution in [2.75, 3.05) is 5.32 Å². The van der Waals surface area contributed by atoms with Crippen molar-refractivity contribution in [3.63, 3.8) is 0 Å². The van der Waals surface area contributed by atoms with Crippen LogP contribution >= 0.6 is 0 Å². The summed E-state index contributed by atoms with van der Waals surface area (Å²) in [5.74, 6) is 0.710. The van der Waals surface area contributed by atoms with Gasteiger partial charge in [-0.3, -0.25) is 0 Å². The molecule has 1 atom stereocenters. The van der Waals surface area contributed by atoms with Gasteiger partial charge in [0.2, 0.25) is 0 Å². The zero-order valence-corrected chi connectivity index (χ0v) is 10.1. The van der Waals surface area contributed by atoms with Gasteiger partial charge in [-0.2, -0.15) is 9.61 Å². The van der Waals surface area contributed by atoms with Gasteiger partial charge in [0.05, 0.1) is 0 Å². The number of anilines is 1. The minimum absolute atomic E-state index is 0.313. The molecule has 92 valence electrons. The Morgan fingerprint density at radius 1 is 1.47 bits per heavy atom. The Kier molecular flexibility index (Phi) is 3.41. The molecule has 0 amide bonds. The molecule has 0 aliphatic carbocycles. The van der Waals surface area contributed by atoms with Gasteiger partial charge >= 0.3 is 5.69 Å². The number of nitrogens with one attached hydrogen (secondary N) is 2. The lowest BCUT2D eigenvalue weighted by Gasteiger charge is -2.16. The Morgan fingerprint density at radius 3 is 3.00 bits per heavy atom.